The van der Waals surface area contributed by atoms with E-state index in [-0.39, 0.29) is 22.5 Å². The number of ether oxygens (including phenoxy) is 3. The molecule has 2 rings (SSSR count). The van der Waals surface area contributed by atoms with E-state index in [1.54, 1.807) is 18.2 Å². The number of para-hydroxylation sites is 1. The van der Waals surface area contributed by atoms with Gasteiger partial charge >= 0.3 is 17.9 Å². The number of esters is 3. The summed E-state index contributed by atoms with van der Waals surface area (Å²) in [7, 11) is 3.51. The second-order valence-electron chi connectivity index (χ2n) is 5.44. The summed E-state index contributed by atoms with van der Waals surface area (Å²) in [6.45, 7) is 0. The van der Waals surface area contributed by atoms with Crippen LogP contribution in [0.5, 0.6) is 0 Å². The van der Waals surface area contributed by atoms with Gasteiger partial charge in [-0.25, -0.2) is 4.79 Å². The molecule has 0 saturated heterocycles. The lowest BCUT2D eigenvalue weighted by atomic mass is 10.0. The Morgan fingerprint density at radius 1 is 0.893 bits per heavy atom. The lowest BCUT2D eigenvalue weighted by Crippen LogP contribution is -2.25. The van der Waals surface area contributed by atoms with Crippen molar-refractivity contribution < 1.29 is 33.4 Å². The Bertz CT molecular complexity index is 877. The molecule has 0 unspecified atom stereocenters. The third kappa shape index (κ3) is 4.50. The predicted octanol–water partition coefficient (Wildman–Crippen LogP) is 1.55. The highest BCUT2D eigenvalue weighted by Crippen LogP contribution is 2.19. The number of amides is 1. The Balaban J connectivity index is 2.24. The van der Waals surface area contributed by atoms with E-state index < -0.39 is 29.7 Å². The molecule has 0 spiro atoms. The molecule has 1 heterocycles. The Morgan fingerprint density at radius 2 is 1.54 bits per heavy atom. The summed E-state index contributed by atoms with van der Waals surface area (Å²) in [5, 5.41) is 2.60. The van der Waals surface area contributed by atoms with Crippen LogP contribution in [0, 0.1) is 0 Å². The molecule has 2 aromatic rings. The van der Waals surface area contributed by atoms with Crippen molar-refractivity contribution in [1.82, 2.24) is 4.98 Å². The first-order valence-electron chi connectivity index (χ1n) is 8.03. The summed E-state index contributed by atoms with van der Waals surface area (Å²) in [6.07, 6.45) is 1.20. The molecule has 1 N–H and O–H groups in total. The molecule has 0 atom stereocenters. The van der Waals surface area contributed by atoms with Crippen LogP contribution in [0.4, 0.5) is 5.69 Å². The fourth-order valence-electron chi connectivity index (χ4n) is 2.36. The minimum Gasteiger partial charge on any atom is -0.468 e. The molecule has 1 amide bonds. The number of anilines is 1. The lowest BCUT2D eigenvalue weighted by molar-refractivity contribution is -0.154. The van der Waals surface area contributed by atoms with Crippen molar-refractivity contribution in [2.24, 2.45) is 0 Å². The van der Waals surface area contributed by atoms with Crippen LogP contribution in [0.15, 0.2) is 42.6 Å². The zero-order valence-electron chi connectivity index (χ0n) is 15.4. The molecule has 9 nitrogen and oxygen atoms in total. The number of carbonyl (C=O) groups excluding carboxylic acids is 4. The van der Waals surface area contributed by atoms with Gasteiger partial charge in [-0.3, -0.25) is 19.4 Å². The molecule has 0 aliphatic carbocycles. The number of aromatic nitrogens is 1. The maximum atomic E-state index is 12.5. The summed E-state index contributed by atoms with van der Waals surface area (Å²) in [5.74, 6) is -4.15. The number of pyridine rings is 1. The van der Waals surface area contributed by atoms with E-state index in [2.05, 4.69) is 24.5 Å². The first kappa shape index (κ1) is 20.6. The van der Waals surface area contributed by atoms with Gasteiger partial charge in [0.05, 0.1) is 43.8 Å². The van der Waals surface area contributed by atoms with Crippen LogP contribution in [0.25, 0.3) is 0 Å². The van der Waals surface area contributed by atoms with Gasteiger partial charge in [0.25, 0.3) is 5.91 Å². The van der Waals surface area contributed by atoms with Gasteiger partial charge in [-0.05, 0) is 24.3 Å². The SMILES string of the molecule is COC(=O)c1ccccc1NC(=O)c1ccc(C(C(=O)OC)C(=O)OC)nc1. The highest BCUT2D eigenvalue weighted by molar-refractivity contribution is 6.08. The van der Waals surface area contributed by atoms with E-state index in [0.717, 1.165) is 14.2 Å². The van der Waals surface area contributed by atoms with Crippen molar-refractivity contribution in [3.05, 3.63) is 59.4 Å². The molecule has 0 radical (unpaired) electrons. The summed E-state index contributed by atoms with van der Waals surface area (Å²) in [4.78, 5) is 51.9. The van der Waals surface area contributed by atoms with Crippen molar-refractivity contribution in [3.8, 4) is 0 Å². The number of nitrogens with one attached hydrogen (secondary N) is 1. The minimum atomic E-state index is -1.35. The topological polar surface area (TPSA) is 121 Å². The summed E-state index contributed by atoms with van der Waals surface area (Å²) in [5.41, 5.74) is 0.687. The number of nitrogens with zero attached hydrogens (tertiary/aromatic N) is 1. The predicted molar refractivity (Wildman–Crippen MR) is 96.7 cm³/mol. The van der Waals surface area contributed by atoms with Crippen LogP contribution in [-0.2, 0) is 23.8 Å². The molecular formula is C19H18N2O7. The first-order chi connectivity index (χ1) is 13.4. The van der Waals surface area contributed by atoms with Gasteiger partial charge in [0, 0.05) is 6.20 Å². The van der Waals surface area contributed by atoms with Crippen LogP contribution in [-0.4, -0.2) is 50.1 Å². The minimum absolute atomic E-state index is 0.0743. The molecule has 0 aliphatic heterocycles. The highest BCUT2D eigenvalue weighted by atomic mass is 16.5. The van der Waals surface area contributed by atoms with E-state index >= 15 is 0 Å². The number of methoxy groups -OCH3 is 3. The number of benzene rings is 1. The molecule has 1 aromatic heterocycles. The third-order valence-electron chi connectivity index (χ3n) is 3.80. The molecular weight excluding hydrogens is 368 g/mol. The maximum absolute atomic E-state index is 12.5. The Labute approximate surface area is 160 Å². The zero-order chi connectivity index (χ0) is 20.7. The molecule has 0 aliphatic rings. The molecule has 1 aromatic carbocycles. The monoisotopic (exact) mass is 386 g/mol. The third-order valence-corrected chi connectivity index (χ3v) is 3.80. The molecule has 9 heteroatoms. The van der Waals surface area contributed by atoms with Crippen LogP contribution in [0.3, 0.4) is 0 Å². The first-order valence-corrected chi connectivity index (χ1v) is 8.03. The van der Waals surface area contributed by atoms with Gasteiger partial charge in [-0.1, -0.05) is 12.1 Å². The Morgan fingerprint density at radius 3 is 2.07 bits per heavy atom. The van der Waals surface area contributed by atoms with Crippen LogP contribution >= 0.6 is 0 Å². The van der Waals surface area contributed by atoms with Crippen molar-refractivity contribution in [3.63, 3.8) is 0 Å². The molecule has 0 bridgehead atoms. The van der Waals surface area contributed by atoms with E-state index in [9.17, 15) is 19.2 Å². The summed E-state index contributed by atoms with van der Waals surface area (Å²) >= 11 is 0. The molecule has 146 valence electrons. The fourth-order valence-corrected chi connectivity index (χ4v) is 2.36. The standard InChI is InChI=1S/C19H18N2O7/c1-26-17(23)12-6-4-5-7-13(12)21-16(22)11-8-9-14(20-10-11)15(18(24)27-2)19(25)28-3/h4-10,15H,1-3H3,(H,21,22). The van der Waals surface area contributed by atoms with Gasteiger partial charge in [-0.15, -0.1) is 0 Å². The smallest absolute Gasteiger partial charge is 0.339 e. The fraction of sp³-hybridized carbons (Fsp3) is 0.211. The van der Waals surface area contributed by atoms with E-state index in [1.165, 1.54) is 31.5 Å². The average Bonchev–Trinajstić information content (AvgIpc) is 2.73. The van der Waals surface area contributed by atoms with Crippen LogP contribution in [0.2, 0.25) is 0 Å². The van der Waals surface area contributed by atoms with Crippen LogP contribution < -0.4 is 5.32 Å². The second kappa shape index (κ2) is 9.26. The highest BCUT2D eigenvalue weighted by Gasteiger charge is 2.32. The number of rotatable bonds is 6. The number of hydrogen-bond donors (Lipinski definition) is 1. The van der Waals surface area contributed by atoms with Crippen molar-refractivity contribution in [1.29, 1.82) is 0 Å². The Hall–Kier alpha value is -3.75. The van der Waals surface area contributed by atoms with Crippen LogP contribution in [0.1, 0.15) is 32.3 Å². The van der Waals surface area contributed by atoms with Crippen molar-refractivity contribution in [2.75, 3.05) is 26.6 Å². The van der Waals surface area contributed by atoms with E-state index in [1.807, 2.05) is 0 Å². The van der Waals surface area contributed by atoms with Crippen molar-refractivity contribution in [2.45, 2.75) is 5.92 Å². The molecule has 0 saturated carbocycles. The normalized spacial score (nSPS) is 10.1. The average molecular weight is 386 g/mol. The van der Waals surface area contributed by atoms with Gasteiger partial charge in [0.1, 0.15) is 0 Å². The second-order valence-corrected chi connectivity index (χ2v) is 5.44. The lowest BCUT2D eigenvalue weighted by Gasteiger charge is -2.13. The largest absolute Gasteiger partial charge is 0.468 e. The van der Waals surface area contributed by atoms with Gasteiger partial charge in [0.2, 0.25) is 0 Å². The summed E-state index contributed by atoms with van der Waals surface area (Å²) < 4.78 is 13.9. The van der Waals surface area contributed by atoms with Crippen molar-refractivity contribution >= 4 is 29.5 Å². The van der Waals surface area contributed by atoms with E-state index in [4.69, 9.17) is 0 Å². The Kier molecular flexibility index (Phi) is 6.80. The van der Waals surface area contributed by atoms with Gasteiger partial charge < -0.3 is 19.5 Å². The quantitative estimate of drug-likeness (QED) is 0.451. The molecule has 28 heavy (non-hydrogen) atoms. The van der Waals surface area contributed by atoms with Gasteiger partial charge in [0.15, 0.2) is 5.92 Å². The number of carbonyl (C=O) groups is 4. The zero-order valence-corrected chi connectivity index (χ0v) is 15.4. The maximum Gasteiger partial charge on any atom is 0.339 e. The summed E-state index contributed by atoms with van der Waals surface area (Å²) in [6, 6.07) is 9.09. The van der Waals surface area contributed by atoms with Gasteiger partial charge in [-0.2, -0.15) is 0 Å². The molecule has 0 fully saturated rings. The van der Waals surface area contributed by atoms with E-state index in [0.29, 0.717) is 0 Å². The number of hydrogen-bond acceptors (Lipinski definition) is 8.